The van der Waals surface area contributed by atoms with Crippen molar-refractivity contribution < 1.29 is 0 Å². The standard InChI is InChI=1S/C17H20N4/c1-3-8-19-17(14-11-18-9-7-13(14)2)15-12-20-21-10-5-4-6-16(15)21/h4-7,9-12,17,19H,3,8H2,1-2H3. The molecule has 1 unspecified atom stereocenters. The lowest BCUT2D eigenvalue weighted by Gasteiger charge is -2.20. The van der Waals surface area contributed by atoms with E-state index in [4.69, 9.17) is 0 Å². The van der Waals surface area contributed by atoms with Crippen LogP contribution in [-0.4, -0.2) is 21.1 Å². The van der Waals surface area contributed by atoms with Crippen LogP contribution in [0.15, 0.2) is 49.1 Å². The van der Waals surface area contributed by atoms with E-state index in [0.29, 0.717) is 0 Å². The van der Waals surface area contributed by atoms with Crippen molar-refractivity contribution in [3.05, 3.63) is 65.7 Å². The second-order valence-electron chi connectivity index (χ2n) is 5.25. The molecule has 0 spiro atoms. The number of rotatable bonds is 5. The SMILES string of the molecule is CCCNC(c1cnccc1C)c1cnn2ccccc12. The molecule has 0 radical (unpaired) electrons. The summed E-state index contributed by atoms with van der Waals surface area (Å²) in [7, 11) is 0. The number of aromatic nitrogens is 3. The van der Waals surface area contributed by atoms with E-state index in [1.165, 1.54) is 16.7 Å². The van der Waals surface area contributed by atoms with Crippen LogP contribution in [0.4, 0.5) is 0 Å². The van der Waals surface area contributed by atoms with Gasteiger partial charge in [-0.1, -0.05) is 13.0 Å². The molecule has 3 aromatic rings. The van der Waals surface area contributed by atoms with Gasteiger partial charge in [0.05, 0.1) is 17.8 Å². The van der Waals surface area contributed by atoms with Crippen LogP contribution in [0.5, 0.6) is 0 Å². The Bertz CT molecular complexity index is 732. The van der Waals surface area contributed by atoms with Gasteiger partial charge in [-0.05, 0) is 49.2 Å². The first-order valence-corrected chi connectivity index (χ1v) is 7.37. The van der Waals surface area contributed by atoms with Gasteiger partial charge in [-0.3, -0.25) is 4.98 Å². The predicted octanol–water partition coefficient (Wildman–Crippen LogP) is 3.13. The molecule has 1 atom stereocenters. The van der Waals surface area contributed by atoms with Crippen LogP contribution in [0.25, 0.3) is 5.52 Å². The molecule has 0 bridgehead atoms. The Morgan fingerprint density at radius 3 is 2.90 bits per heavy atom. The van der Waals surface area contributed by atoms with E-state index in [1.807, 2.05) is 41.4 Å². The van der Waals surface area contributed by atoms with Gasteiger partial charge >= 0.3 is 0 Å². The molecular weight excluding hydrogens is 260 g/mol. The summed E-state index contributed by atoms with van der Waals surface area (Å²) in [4.78, 5) is 4.30. The third-order valence-corrected chi connectivity index (χ3v) is 3.76. The highest BCUT2D eigenvalue weighted by molar-refractivity contribution is 5.57. The maximum Gasteiger partial charge on any atom is 0.0712 e. The van der Waals surface area contributed by atoms with Crippen LogP contribution in [0.2, 0.25) is 0 Å². The van der Waals surface area contributed by atoms with Gasteiger partial charge in [0.1, 0.15) is 0 Å². The van der Waals surface area contributed by atoms with Gasteiger partial charge in [0.2, 0.25) is 0 Å². The quantitative estimate of drug-likeness (QED) is 0.780. The lowest BCUT2D eigenvalue weighted by molar-refractivity contribution is 0.597. The minimum Gasteiger partial charge on any atom is -0.306 e. The smallest absolute Gasteiger partial charge is 0.0712 e. The molecule has 0 aliphatic carbocycles. The molecule has 21 heavy (non-hydrogen) atoms. The molecule has 0 amide bonds. The molecule has 3 rings (SSSR count). The van der Waals surface area contributed by atoms with Crippen molar-refractivity contribution in [3.63, 3.8) is 0 Å². The second kappa shape index (κ2) is 6.06. The normalized spacial score (nSPS) is 12.7. The summed E-state index contributed by atoms with van der Waals surface area (Å²) >= 11 is 0. The van der Waals surface area contributed by atoms with Crippen molar-refractivity contribution in [1.29, 1.82) is 0 Å². The lowest BCUT2D eigenvalue weighted by atomic mass is 9.97. The zero-order valence-corrected chi connectivity index (χ0v) is 12.5. The van der Waals surface area contributed by atoms with Gasteiger partial charge in [0.25, 0.3) is 0 Å². The van der Waals surface area contributed by atoms with E-state index in [1.54, 1.807) is 0 Å². The monoisotopic (exact) mass is 280 g/mol. The number of aryl methyl sites for hydroxylation is 1. The molecule has 4 nitrogen and oxygen atoms in total. The lowest BCUT2D eigenvalue weighted by Crippen LogP contribution is -2.24. The Balaban J connectivity index is 2.09. The fraction of sp³-hybridized carbons (Fsp3) is 0.294. The largest absolute Gasteiger partial charge is 0.306 e. The topological polar surface area (TPSA) is 42.2 Å². The van der Waals surface area contributed by atoms with Crippen LogP contribution >= 0.6 is 0 Å². The van der Waals surface area contributed by atoms with Crippen LogP contribution < -0.4 is 5.32 Å². The first kappa shape index (κ1) is 13.8. The summed E-state index contributed by atoms with van der Waals surface area (Å²) in [5.74, 6) is 0. The van der Waals surface area contributed by atoms with Gasteiger partial charge in [-0.25, -0.2) is 4.52 Å². The van der Waals surface area contributed by atoms with Gasteiger partial charge in [0.15, 0.2) is 0 Å². The number of fused-ring (bicyclic) bond motifs is 1. The number of nitrogens with one attached hydrogen (secondary N) is 1. The molecule has 0 aliphatic rings. The van der Waals surface area contributed by atoms with Crippen molar-refractivity contribution in [2.75, 3.05) is 6.54 Å². The van der Waals surface area contributed by atoms with E-state index in [9.17, 15) is 0 Å². The molecule has 0 aliphatic heterocycles. The third-order valence-electron chi connectivity index (χ3n) is 3.76. The fourth-order valence-corrected chi connectivity index (χ4v) is 2.63. The minimum absolute atomic E-state index is 0.124. The van der Waals surface area contributed by atoms with Gasteiger partial charge in [-0.15, -0.1) is 0 Å². The highest BCUT2D eigenvalue weighted by Crippen LogP contribution is 2.27. The maximum atomic E-state index is 4.46. The summed E-state index contributed by atoms with van der Waals surface area (Å²) in [5.41, 5.74) is 4.79. The summed E-state index contributed by atoms with van der Waals surface area (Å²) in [6.45, 7) is 5.27. The van der Waals surface area contributed by atoms with Crippen molar-refractivity contribution >= 4 is 5.52 Å². The third kappa shape index (κ3) is 2.67. The molecule has 0 fully saturated rings. The van der Waals surface area contributed by atoms with Crippen molar-refractivity contribution in [3.8, 4) is 0 Å². The minimum atomic E-state index is 0.124. The van der Waals surface area contributed by atoms with E-state index in [2.05, 4.69) is 41.4 Å². The van der Waals surface area contributed by atoms with Crippen LogP contribution in [0, 0.1) is 6.92 Å². The molecule has 3 aromatic heterocycles. The van der Waals surface area contributed by atoms with Crippen molar-refractivity contribution in [2.24, 2.45) is 0 Å². The molecule has 0 saturated carbocycles. The number of hydrogen-bond donors (Lipinski definition) is 1. The van der Waals surface area contributed by atoms with Gasteiger partial charge in [0, 0.05) is 24.2 Å². The molecular formula is C17H20N4. The summed E-state index contributed by atoms with van der Waals surface area (Å²) in [6, 6.07) is 8.33. The predicted molar refractivity (Wildman–Crippen MR) is 84.3 cm³/mol. The first-order valence-electron chi connectivity index (χ1n) is 7.37. The van der Waals surface area contributed by atoms with E-state index < -0.39 is 0 Å². The number of pyridine rings is 2. The number of hydrogen-bond acceptors (Lipinski definition) is 3. The average molecular weight is 280 g/mol. The number of nitrogens with zero attached hydrogens (tertiary/aromatic N) is 3. The molecule has 3 heterocycles. The summed E-state index contributed by atoms with van der Waals surface area (Å²) in [6.07, 6.45) is 8.82. The van der Waals surface area contributed by atoms with Gasteiger partial charge < -0.3 is 5.32 Å². The van der Waals surface area contributed by atoms with E-state index >= 15 is 0 Å². The van der Waals surface area contributed by atoms with Crippen molar-refractivity contribution in [2.45, 2.75) is 26.3 Å². The van der Waals surface area contributed by atoms with E-state index in [0.717, 1.165) is 18.5 Å². The highest BCUT2D eigenvalue weighted by Gasteiger charge is 2.19. The zero-order chi connectivity index (χ0) is 14.7. The summed E-state index contributed by atoms with van der Waals surface area (Å²) < 4.78 is 1.92. The van der Waals surface area contributed by atoms with E-state index in [-0.39, 0.29) is 6.04 Å². The molecule has 0 saturated heterocycles. The Hall–Kier alpha value is -2.20. The van der Waals surface area contributed by atoms with Crippen LogP contribution in [-0.2, 0) is 0 Å². The molecule has 0 aromatic carbocycles. The Labute approximate surface area is 124 Å². The molecule has 108 valence electrons. The fourth-order valence-electron chi connectivity index (χ4n) is 2.63. The first-order chi connectivity index (χ1) is 10.3. The van der Waals surface area contributed by atoms with Crippen LogP contribution in [0.1, 0.15) is 36.1 Å². The Morgan fingerprint density at radius 2 is 2.10 bits per heavy atom. The Morgan fingerprint density at radius 1 is 1.19 bits per heavy atom. The van der Waals surface area contributed by atoms with Crippen molar-refractivity contribution in [1.82, 2.24) is 19.9 Å². The molecule has 1 N–H and O–H groups in total. The summed E-state index contributed by atoms with van der Waals surface area (Å²) in [5, 5.41) is 8.09. The van der Waals surface area contributed by atoms with Gasteiger partial charge in [-0.2, -0.15) is 5.10 Å². The zero-order valence-electron chi connectivity index (χ0n) is 12.5. The maximum absolute atomic E-state index is 4.46. The average Bonchev–Trinajstić information content (AvgIpc) is 2.93. The molecule has 4 heteroatoms. The Kier molecular flexibility index (Phi) is 3.97. The second-order valence-corrected chi connectivity index (χ2v) is 5.25. The highest BCUT2D eigenvalue weighted by atomic mass is 15.2. The van der Waals surface area contributed by atoms with Crippen LogP contribution in [0.3, 0.4) is 0 Å².